The fourth-order valence-electron chi connectivity index (χ4n) is 1.97. The van der Waals surface area contributed by atoms with Crippen molar-refractivity contribution in [1.29, 1.82) is 0 Å². The Hall–Kier alpha value is -1.36. The SMILES string of the molecule is COCCNCc1ccn(Cc2c(F)cccc2Cl)c1. The molecule has 0 saturated heterocycles. The minimum atomic E-state index is -0.272. The molecule has 1 heterocycles. The highest BCUT2D eigenvalue weighted by Gasteiger charge is 2.07. The number of hydrogen-bond donors (Lipinski definition) is 1. The van der Waals surface area contributed by atoms with E-state index in [1.54, 1.807) is 19.2 Å². The normalized spacial score (nSPS) is 10.9. The van der Waals surface area contributed by atoms with Crippen molar-refractivity contribution in [2.45, 2.75) is 13.1 Å². The summed E-state index contributed by atoms with van der Waals surface area (Å²) >= 11 is 6.03. The molecule has 0 aliphatic rings. The third kappa shape index (κ3) is 4.07. The topological polar surface area (TPSA) is 26.2 Å². The van der Waals surface area contributed by atoms with Gasteiger partial charge in [0.1, 0.15) is 5.82 Å². The zero-order chi connectivity index (χ0) is 14.4. The summed E-state index contributed by atoms with van der Waals surface area (Å²) in [6.07, 6.45) is 3.92. The number of benzene rings is 1. The monoisotopic (exact) mass is 296 g/mol. The molecule has 0 spiro atoms. The number of methoxy groups -OCH3 is 1. The smallest absolute Gasteiger partial charge is 0.129 e. The maximum atomic E-state index is 13.7. The van der Waals surface area contributed by atoms with E-state index in [1.807, 2.05) is 23.0 Å². The van der Waals surface area contributed by atoms with E-state index in [4.69, 9.17) is 16.3 Å². The van der Waals surface area contributed by atoms with Gasteiger partial charge in [0, 0.05) is 43.2 Å². The molecule has 5 heteroatoms. The summed E-state index contributed by atoms with van der Waals surface area (Å²) in [5.74, 6) is -0.272. The lowest BCUT2D eigenvalue weighted by atomic mass is 10.2. The average molecular weight is 297 g/mol. The van der Waals surface area contributed by atoms with Gasteiger partial charge in [0.15, 0.2) is 0 Å². The first-order chi connectivity index (χ1) is 9.70. The molecule has 0 atom stereocenters. The molecule has 1 aromatic heterocycles. The Bertz CT molecular complexity index is 536. The highest BCUT2D eigenvalue weighted by Crippen LogP contribution is 2.20. The Kier molecular flexibility index (Phi) is 5.59. The fourth-order valence-corrected chi connectivity index (χ4v) is 2.19. The Labute approximate surface area is 123 Å². The van der Waals surface area contributed by atoms with Crippen LogP contribution in [0.15, 0.2) is 36.7 Å². The zero-order valence-corrected chi connectivity index (χ0v) is 12.2. The summed E-state index contributed by atoms with van der Waals surface area (Å²) in [5.41, 5.74) is 1.66. The Balaban J connectivity index is 1.96. The highest BCUT2D eigenvalue weighted by atomic mass is 35.5. The summed E-state index contributed by atoms with van der Waals surface area (Å²) in [6, 6.07) is 6.76. The quantitative estimate of drug-likeness (QED) is 0.795. The third-order valence-electron chi connectivity index (χ3n) is 3.03. The van der Waals surface area contributed by atoms with Crippen molar-refractivity contribution in [2.24, 2.45) is 0 Å². The zero-order valence-electron chi connectivity index (χ0n) is 11.4. The molecule has 1 aromatic carbocycles. The van der Waals surface area contributed by atoms with Gasteiger partial charge in [0.25, 0.3) is 0 Å². The van der Waals surface area contributed by atoms with E-state index in [0.717, 1.165) is 18.7 Å². The van der Waals surface area contributed by atoms with Crippen molar-refractivity contribution in [2.75, 3.05) is 20.3 Å². The maximum absolute atomic E-state index is 13.7. The van der Waals surface area contributed by atoms with Crippen LogP contribution in [0.25, 0.3) is 0 Å². The van der Waals surface area contributed by atoms with Gasteiger partial charge in [-0.05, 0) is 23.8 Å². The summed E-state index contributed by atoms with van der Waals surface area (Å²) in [4.78, 5) is 0. The lowest BCUT2D eigenvalue weighted by Crippen LogP contribution is -2.18. The molecule has 20 heavy (non-hydrogen) atoms. The molecule has 0 aliphatic heterocycles. The first-order valence-electron chi connectivity index (χ1n) is 6.48. The van der Waals surface area contributed by atoms with Gasteiger partial charge < -0.3 is 14.6 Å². The van der Waals surface area contributed by atoms with Crippen molar-refractivity contribution in [1.82, 2.24) is 9.88 Å². The van der Waals surface area contributed by atoms with Crippen LogP contribution < -0.4 is 5.32 Å². The molecule has 2 aromatic rings. The van der Waals surface area contributed by atoms with Gasteiger partial charge >= 0.3 is 0 Å². The van der Waals surface area contributed by atoms with Gasteiger partial charge in [-0.25, -0.2) is 4.39 Å². The minimum absolute atomic E-state index is 0.272. The molecule has 0 fully saturated rings. The molecule has 108 valence electrons. The Morgan fingerprint density at radius 1 is 1.35 bits per heavy atom. The van der Waals surface area contributed by atoms with E-state index in [9.17, 15) is 4.39 Å². The van der Waals surface area contributed by atoms with E-state index in [1.165, 1.54) is 6.07 Å². The van der Waals surface area contributed by atoms with E-state index < -0.39 is 0 Å². The summed E-state index contributed by atoms with van der Waals surface area (Å²) < 4.78 is 20.6. The Morgan fingerprint density at radius 2 is 2.20 bits per heavy atom. The number of aromatic nitrogens is 1. The van der Waals surface area contributed by atoms with Gasteiger partial charge in [-0.2, -0.15) is 0 Å². The predicted molar refractivity (Wildman–Crippen MR) is 78.5 cm³/mol. The van der Waals surface area contributed by atoms with Crippen LogP contribution in [0.2, 0.25) is 5.02 Å². The van der Waals surface area contributed by atoms with E-state index in [0.29, 0.717) is 23.7 Å². The van der Waals surface area contributed by atoms with Crippen molar-refractivity contribution >= 4 is 11.6 Å². The molecule has 0 saturated carbocycles. The summed E-state index contributed by atoms with van der Waals surface area (Å²) in [5, 5.41) is 3.72. The van der Waals surface area contributed by atoms with Crippen LogP contribution in [0.3, 0.4) is 0 Å². The molecule has 3 nitrogen and oxygen atoms in total. The molecule has 0 amide bonds. The van der Waals surface area contributed by atoms with Gasteiger partial charge in [-0.3, -0.25) is 0 Å². The third-order valence-corrected chi connectivity index (χ3v) is 3.38. The van der Waals surface area contributed by atoms with Crippen LogP contribution in [0, 0.1) is 5.82 Å². The predicted octanol–water partition coefficient (Wildman–Crippen LogP) is 3.06. The second-order valence-electron chi connectivity index (χ2n) is 4.56. The van der Waals surface area contributed by atoms with E-state index >= 15 is 0 Å². The van der Waals surface area contributed by atoms with Gasteiger partial charge in [-0.1, -0.05) is 17.7 Å². The van der Waals surface area contributed by atoms with E-state index in [2.05, 4.69) is 5.32 Å². The van der Waals surface area contributed by atoms with Crippen LogP contribution in [0.1, 0.15) is 11.1 Å². The molecule has 0 aliphatic carbocycles. The number of hydrogen-bond acceptors (Lipinski definition) is 2. The second kappa shape index (κ2) is 7.43. The van der Waals surface area contributed by atoms with Crippen molar-refractivity contribution in [3.63, 3.8) is 0 Å². The molecule has 2 rings (SSSR count). The van der Waals surface area contributed by atoms with Gasteiger partial charge in [0.05, 0.1) is 13.2 Å². The van der Waals surface area contributed by atoms with Crippen LogP contribution >= 0.6 is 11.6 Å². The highest BCUT2D eigenvalue weighted by molar-refractivity contribution is 6.31. The molecular weight excluding hydrogens is 279 g/mol. The lowest BCUT2D eigenvalue weighted by Gasteiger charge is -2.07. The van der Waals surface area contributed by atoms with Crippen LogP contribution in [-0.2, 0) is 17.8 Å². The number of ether oxygens (including phenoxy) is 1. The molecular formula is C15H18ClFN2O. The van der Waals surface area contributed by atoms with Crippen molar-refractivity contribution in [3.8, 4) is 0 Å². The largest absolute Gasteiger partial charge is 0.383 e. The van der Waals surface area contributed by atoms with Gasteiger partial charge in [0.2, 0.25) is 0 Å². The molecule has 0 bridgehead atoms. The molecule has 1 N–H and O–H groups in total. The molecule has 0 radical (unpaired) electrons. The summed E-state index contributed by atoms with van der Waals surface area (Å²) in [7, 11) is 1.68. The van der Waals surface area contributed by atoms with Crippen molar-refractivity contribution < 1.29 is 9.13 Å². The van der Waals surface area contributed by atoms with Gasteiger partial charge in [-0.15, -0.1) is 0 Å². The fraction of sp³-hybridized carbons (Fsp3) is 0.333. The minimum Gasteiger partial charge on any atom is -0.383 e. The number of halogens is 2. The van der Waals surface area contributed by atoms with Crippen LogP contribution in [-0.4, -0.2) is 24.8 Å². The number of rotatable bonds is 7. The van der Waals surface area contributed by atoms with E-state index in [-0.39, 0.29) is 5.82 Å². The number of nitrogens with zero attached hydrogens (tertiary/aromatic N) is 1. The number of nitrogens with one attached hydrogen (secondary N) is 1. The first kappa shape index (κ1) is 15.0. The second-order valence-corrected chi connectivity index (χ2v) is 4.97. The molecule has 0 unspecified atom stereocenters. The van der Waals surface area contributed by atoms with Crippen molar-refractivity contribution in [3.05, 3.63) is 58.6 Å². The average Bonchev–Trinajstić information content (AvgIpc) is 2.87. The summed E-state index contributed by atoms with van der Waals surface area (Å²) in [6.45, 7) is 2.69. The maximum Gasteiger partial charge on any atom is 0.129 e. The van der Waals surface area contributed by atoms with Crippen LogP contribution in [0.5, 0.6) is 0 Å². The lowest BCUT2D eigenvalue weighted by molar-refractivity contribution is 0.199. The first-order valence-corrected chi connectivity index (χ1v) is 6.85. The van der Waals surface area contributed by atoms with Crippen LogP contribution in [0.4, 0.5) is 4.39 Å². The standard InChI is InChI=1S/C15H18ClFN2O/c1-20-8-6-18-9-12-5-7-19(10-12)11-13-14(16)3-2-4-15(13)17/h2-5,7,10,18H,6,8-9,11H2,1H3. The Morgan fingerprint density at radius 3 is 2.95 bits per heavy atom.